The standard InChI is InChI=1S/C8H16N2/c1-7-3-10(2)6-8(7)4-9-5-8/h7,9H,3-6H2,1-2H3. The van der Waals surface area contributed by atoms with Gasteiger partial charge in [-0.05, 0) is 13.0 Å². The minimum absolute atomic E-state index is 0.661. The van der Waals surface area contributed by atoms with E-state index in [9.17, 15) is 0 Å². The summed E-state index contributed by atoms with van der Waals surface area (Å²) in [6.45, 7) is 7.48. The van der Waals surface area contributed by atoms with Crippen molar-refractivity contribution in [1.82, 2.24) is 10.2 Å². The molecule has 1 atom stereocenters. The van der Waals surface area contributed by atoms with E-state index in [-0.39, 0.29) is 0 Å². The molecule has 2 saturated heterocycles. The fourth-order valence-corrected chi connectivity index (χ4v) is 2.33. The molecular formula is C8H16N2. The molecule has 0 amide bonds. The first-order chi connectivity index (χ1) is 4.73. The smallest absolute Gasteiger partial charge is 0.0117 e. The fraction of sp³-hybridized carbons (Fsp3) is 1.00. The van der Waals surface area contributed by atoms with Crippen LogP contribution in [0.2, 0.25) is 0 Å². The second kappa shape index (κ2) is 1.95. The molecule has 0 aliphatic carbocycles. The predicted molar refractivity (Wildman–Crippen MR) is 42.0 cm³/mol. The largest absolute Gasteiger partial charge is 0.315 e. The molecule has 0 aromatic heterocycles. The highest BCUT2D eigenvalue weighted by molar-refractivity contribution is 5.02. The van der Waals surface area contributed by atoms with Gasteiger partial charge < -0.3 is 10.2 Å². The molecule has 2 aliphatic heterocycles. The summed E-state index contributed by atoms with van der Waals surface area (Å²) in [5, 5.41) is 3.37. The quantitative estimate of drug-likeness (QED) is 0.515. The molecule has 10 heavy (non-hydrogen) atoms. The highest BCUT2D eigenvalue weighted by Gasteiger charge is 2.46. The summed E-state index contributed by atoms with van der Waals surface area (Å²) in [4.78, 5) is 2.45. The molecule has 0 bridgehead atoms. The van der Waals surface area contributed by atoms with E-state index in [4.69, 9.17) is 0 Å². The van der Waals surface area contributed by atoms with Gasteiger partial charge in [0.1, 0.15) is 0 Å². The van der Waals surface area contributed by atoms with E-state index < -0.39 is 0 Å². The number of nitrogens with one attached hydrogen (secondary N) is 1. The molecule has 0 saturated carbocycles. The molecule has 0 aromatic rings. The van der Waals surface area contributed by atoms with Crippen molar-refractivity contribution in [2.45, 2.75) is 6.92 Å². The predicted octanol–water partition coefficient (Wildman–Crippen LogP) is 0.158. The Hall–Kier alpha value is -0.0800. The van der Waals surface area contributed by atoms with Gasteiger partial charge in [0.2, 0.25) is 0 Å². The summed E-state index contributed by atoms with van der Waals surface area (Å²) in [7, 11) is 2.23. The van der Waals surface area contributed by atoms with E-state index in [0.29, 0.717) is 5.41 Å². The van der Waals surface area contributed by atoms with Crippen LogP contribution in [-0.2, 0) is 0 Å². The Bertz CT molecular complexity index is 140. The lowest BCUT2D eigenvalue weighted by atomic mass is 9.74. The molecule has 2 heterocycles. The van der Waals surface area contributed by atoms with Crippen molar-refractivity contribution in [2.24, 2.45) is 11.3 Å². The number of rotatable bonds is 0. The Labute approximate surface area is 62.6 Å². The average Bonchev–Trinajstić information content (AvgIpc) is 2.04. The van der Waals surface area contributed by atoms with Crippen LogP contribution < -0.4 is 5.32 Å². The lowest BCUT2D eigenvalue weighted by Gasteiger charge is -2.42. The van der Waals surface area contributed by atoms with Crippen LogP contribution in [-0.4, -0.2) is 38.1 Å². The first-order valence-corrected chi connectivity index (χ1v) is 4.12. The van der Waals surface area contributed by atoms with Crippen molar-refractivity contribution in [2.75, 3.05) is 33.2 Å². The van der Waals surface area contributed by atoms with Crippen LogP contribution in [0.5, 0.6) is 0 Å². The molecule has 1 N–H and O–H groups in total. The number of likely N-dealkylation sites (tertiary alicyclic amines) is 1. The molecule has 2 aliphatic rings. The van der Waals surface area contributed by atoms with Gasteiger partial charge in [0.25, 0.3) is 0 Å². The zero-order valence-corrected chi connectivity index (χ0v) is 6.85. The highest BCUT2D eigenvalue weighted by atomic mass is 15.2. The maximum atomic E-state index is 3.37. The molecule has 2 rings (SSSR count). The van der Waals surface area contributed by atoms with E-state index in [2.05, 4.69) is 24.2 Å². The van der Waals surface area contributed by atoms with Crippen LogP contribution in [0.25, 0.3) is 0 Å². The van der Waals surface area contributed by atoms with Gasteiger partial charge in [-0.2, -0.15) is 0 Å². The van der Waals surface area contributed by atoms with E-state index in [1.807, 2.05) is 0 Å². The minimum atomic E-state index is 0.661. The Morgan fingerprint density at radius 2 is 2.20 bits per heavy atom. The Kier molecular flexibility index (Phi) is 1.29. The fourth-order valence-electron chi connectivity index (χ4n) is 2.33. The third-order valence-electron chi connectivity index (χ3n) is 3.17. The maximum Gasteiger partial charge on any atom is 0.0117 e. The Morgan fingerprint density at radius 1 is 1.50 bits per heavy atom. The van der Waals surface area contributed by atoms with Gasteiger partial charge in [-0.1, -0.05) is 6.92 Å². The molecule has 2 fully saturated rings. The minimum Gasteiger partial charge on any atom is -0.315 e. The van der Waals surface area contributed by atoms with Gasteiger partial charge >= 0.3 is 0 Å². The van der Waals surface area contributed by atoms with Gasteiger partial charge in [-0.15, -0.1) is 0 Å². The third-order valence-corrected chi connectivity index (χ3v) is 3.17. The SMILES string of the molecule is CC1CN(C)CC12CNC2. The summed E-state index contributed by atoms with van der Waals surface area (Å²) in [5.41, 5.74) is 0.661. The number of hydrogen-bond acceptors (Lipinski definition) is 2. The second-order valence-electron chi connectivity index (χ2n) is 4.06. The first-order valence-electron chi connectivity index (χ1n) is 4.12. The Morgan fingerprint density at radius 3 is 2.40 bits per heavy atom. The molecule has 0 radical (unpaired) electrons. The molecule has 2 nitrogen and oxygen atoms in total. The molecular weight excluding hydrogens is 124 g/mol. The van der Waals surface area contributed by atoms with E-state index in [1.165, 1.54) is 26.2 Å². The second-order valence-corrected chi connectivity index (χ2v) is 4.06. The Balaban J connectivity index is 2.08. The van der Waals surface area contributed by atoms with Crippen molar-refractivity contribution in [3.8, 4) is 0 Å². The van der Waals surface area contributed by atoms with Crippen LogP contribution in [0.4, 0.5) is 0 Å². The molecule has 0 aromatic carbocycles. The van der Waals surface area contributed by atoms with Crippen LogP contribution >= 0.6 is 0 Å². The normalized spacial score (nSPS) is 38.4. The van der Waals surface area contributed by atoms with Crippen LogP contribution in [0.15, 0.2) is 0 Å². The van der Waals surface area contributed by atoms with Gasteiger partial charge in [0.05, 0.1) is 0 Å². The van der Waals surface area contributed by atoms with Crippen molar-refractivity contribution >= 4 is 0 Å². The lowest BCUT2D eigenvalue weighted by Crippen LogP contribution is -2.57. The van der Waals surface area contributed by atoms with Crippen LogP contribution in [0.3, 0.4) is 0 Å². The van der Waals surface area contributed by atoms with Gasteiger partial charge in [-0.25, -0.2) is 0 Å². The summed E-state index contributed by atoms with van der Waals surface area (Å²) in [5.74, 6) is 0.902. The summed E-state index contributed by atoms with van der Waals surface area (Å²) < 4.78 is 0. The van der Waals surface area contributed by atoms with Crippen LogP contribution in [0, 0.1) is 11.3 Å². The molecule has 1 spiro atoms. The zero-order valence-electron chi connectivity index (χ0n) is 6.85. The van der Waals surface area contributed by atoms with Gasteiger partial charge in [-0.3, -0.25) is 0 Å². The number of hydrogen-bond donors (Lipinski definition) is 1. The van der Waals surface area contributed by atoms with E-state index >= 15 is 0 Å². The topological polar surface area (TPSA) is 15.3 Å². The van der Waals surface area contributed by atoms with Gasteiger partial charge in [0, 0.05) is 31.6 Å². The molecule has 58 valence electrons. The van der Waals surface area contributed by atoms with Crippen molar-refractivity contribution in [3.05, 3.63) is 0 Å². The van der Waals surface area contributed by atoms with E-state index in [1.54, 1.807) is 0 Å². The van der Waals surface area contributed by atoms with Gasteiger partial charge in [0.15, 0.2) is 0 Å². The average molecular weight is 140 g/mol. The van der Waals surface area contributed by atoms with Crippen LogP contribution in [0.1, 0.15) is 6.92 Å². The number of nitrogens with zero attached hydrogens (tertiary/aromatic N) is 1. The third kappa shape index (κ3) is 0.722. The summed E-state index contributed by atoms with van der Waals surface area (Å²) >= 11 is 0. The van der Waals surface area contributed by atoms with E-state index in [0.717, 1.165) is 5.92 Å². The highest BCUT2D eigenvalue weighted by Crippen LogP contribution is 2.38. The van der Waals surface area contributed by atoms with Crippen molar-refractivity contribution in [1.29, 1.82) is 0 Å². The summed E-state index contributed by atoms with van der Waals surface area (Å²) in [6, 6.07) is 0. The maximum absolute atomic E-state index is 3.37. The summed E-state index contributed by atoms with van der Waals surface area (Å²) in [6.07, 6.45) is 0. The zero-order chi connectivity index (χ0) is 7.19. The monoisotopic (exact) mass is 140 g/mol. The van der Waals surface area contributed by atoms with Crippen molar-refractivity contribution < 1.29 is 0 Å². The first kappa shape index (κ1) is 6.62. The molecule has 1 unspecified atom stereocenters. The molecule has 2 heteroatoms. The lowest BCUT2D eigenvalue weighted by molar-refractivity contribution is 0.133. The van der Waals surface area contributed by atoms with Crippen molar-refractivity contribution in [3.63, 3.8) is 0 Å².